The monoisotopic (exact) mass is 263 g/mol. The minimum atomic E-state index is 0.354. The number of nitrogens with one attached hydrogen (secondary N) is 1. The van der Waals surface area contributed by atoms with E-state index < -0.39 is 0 Å². The van der Waals surface area contributed by atoms with E-state index in [1.165, 1.54) is 16.7 Å². The number of benzene rings is 1. The smallest absolute Gasteiger partial charge is 0.0622 e. The van der Waals surface area contributed by atoms with Crippen molar-refractivity contribution in [2.45, 2.75) is 53.6 Å². The van der Waals surface area contributed by atoms with Gasteiger partial charge in [0.15, 0.2) is 0 Å². The number of rotatable bonds is 7. The Morgan fingerprint density at radius 2 is 1.79 bits per heavy atom. The molecule has 0 bridgehead atoms. The second-order valence-corrected chi connectivity index (χ2v) is 5.74. The average Bonchev–Trinajstić information content (AvgIpc) is 2.37. The first-order valence-electron chi connectivity index (χ1n) is 7.36. The predicted molar refractivity (Wildman–Crippen MR) is 82.6 cm³/mol. The van der Waals surface area contributed by atoms with E-state index in [-0.39, 0.29) is 0 Å². The standard InChI is InChI=1S/C17H29NO/c1-7-19-11-17(12(2)3)18-15(6)16-9-8-13(4)14(5)10-16/h8-10,12,15,17-18H,7,11H2,1-6H3. The van der Waals surface area contributed by atoms with Gasteiger partial charge in [-0.3, -0.25) is 0 Å². The van der Waals surface area contributed by atoms with E-state index in [0.717, 1.165) is 13.2 Å². The Balaban J connectivity index is 2.69. The van der Waals surface area contributed by atoms with Crippen molar-refractivity contribution in [3.05, 3.63) is 34.9 Å². The molecule has 108 valence electrons. The summed E-state index contributed by atoms with van der Waals surface area (Å²) in [7, 11) is 0. The van der Waals surface area contributed by atoms with Crippen LogP contribution in [0.1, 0.15) is 50.4 Å². The molecule has 1 rings (SSSR count). The maximum atomic E-state index is 5.57. The maximum Gasteiger partial charge on any atom is 0.0622 e. The summed E-state index contributed by atoms with van der Waals surface area (Å²) in [6.45, 7) is 14.6. The summed E-state index contributed by atoms with van der Waals surface area (Å²) in [5.41, 5.74) is 4.06. The lowest BCUT2D eigenvalue weighted by atomic mass is 9.99. The van der Waals surface area contributed by atoms with E-state index in [1.54, 1.807) is 0 Å². The Labute approximate surface area is 118 Å². The topological polar surface area (TPSA) is 21.3 Å². The SMILES string of the molecule is CCOCC(NC(C)c1ccc(C)c(C)c1)C(C)C. The van der Waals surface area contributed by atoms with Crippen molar-refractivity contribution >= 4 is 0 Å². The Morgan fingerprint density at radius 3 is 2.32 bits per heavy atom. The van der Waals surface area contributed by atoms with E-state index in [0.29, 0.717) is 18.0 Å². The second kappa shape index (κ2) is 7.66. The van der Waals surface area contributed by atoms with Crippen molar-refractivity contribution in [2.75, 3.05) is 13.2 Å². The molecular formula is C17H29NO. The van der Waals surface area contributed by atoms with Crippen molar-refractivity contribution in [2.24, 2.45) is 5.92 Å². The third-order valence-electron chi connectivity index (χ3n) is 3.80. The van der Waals surface area contributed by atoms with Gasteiger partial charge in [-0.15, -0.1) is 0 Å². The van der Waals surface area contributed by atoms with Gasteiger partial charge in [0.25, 0.3) is 0 Å². The minimum Gasteiger partial charge on any atom is -0.380 e. The summed E-state index contributed by atoms with van der Waals surface area (Å²) < 4.78 is 5.57. The Hall–Kier alpha value is -0.860. The molecule has 0 saturated heterocycles. The van der Waals surface area contributed by atoms with Crippen LogP contribution < -0.4 is 5.32 Å². The maximum absolute atomic E-state index is 5.57. The largest absolute Gasteiger partial charge is 0.380 e. The Kier molecular flexibility index (Phi) is 6.53. The highest BCUT2D eigenvalue weighted by Gasteiger charge is 2.17. The molecule has 0 fully saturated rings. The summed E-state index contributed by atoms with van der Waals surface area (Å²) in [5, 5.41) is 3.69. The van der Waals surface area contributed by atoms with Crippen LogP contribution in [0.15, 0.2) is 18.2 Å². The molecule has 2 unspecified atom stereocenters. The van der Waals surface area contributed by atoms with Crippen LogP contribution in [-0.4, -0.2) is 19.3 Å². The molecule has 0 heterocycles. The number of ether oxygens (including phenoxy) is 1. The quantitative estimate of drug-likeness (QED) is 0.802. The molecule has 19 heavy (non-hydrogen) atoms. The summed E-state index contributed by atoms with van der Waals surface area (Å²) in [6, 6.07) is 7.46. The zero-order valence-corrected chi connectivity index (χ0v) is 13.3. The zero-order valence-electron chi connectivity index (χ0n) is 13.3. The van der Waals surface area contributed by atoms with Gasteiger partial charge in [-0.25, -0.2) is 0 Å². The van der Waals surface area contributed by atoms with Crippen LogP contribution in [0.2, 0.25) is 0 Å². The zero-order chi connectivity index (χ0) is 14.4. The molecule has 0 aliphatic rings. The highest BCUT2D eigenvalue weighted by molar-refractivity contribution is 5.31. The molecule has 0 radical (unpaired) electrons. The third-order valence-corrected chi connectivity index (χ3v) is 3.80. The van der Waals surface area contributed by atoms with Crippen LogP contribution in [-0.2, 0) is 4.74 Å². The highest BCUT2D eigenvalue weighted by Crippen LogP contribution is 2.18. The van der Waals surface area contributed by atoms with Gasteiger partial charge in [-0.2, -0.15) is 0 Å². The van der Waals surface area contributed by atoms with Crippen LogP contribution in [0, 0.1) is 19.8 Å². The first-order valence-corrected chi connectivity index (χ1v) is 7.36. The first-order chi connectivity index (χ1) is 8.95. The van der Waals surface area contributed by atoms with Gasteiger partial charge >= 0.3 is 0 Å². The predicted octanol–water partition coefficient (Wildman–Crippen LogP) is 4.02. The lowest BCUT2D eigenvalue weighted by molar-refractivity contribution is 0.104. The molecule has 0 aliphatic carbocycles. The van der Waals surface area contributed by atoms with Gasteiger partial charge in [-0.1, -0.05) is 32.0 Å². The van der Waals surface area contributed by atoms with Gasteiger partial charge in [0.1, 0.15) is 0 Å². The lowest BCUT2D eigenvalue weighted by Gasteiger charge is -2.27. The van der Waals surface area contributed by atoms with E-state index in [1.807, 2.05) is 6.92 Å². The average molecular weight is 263 g/mol. The second-order valence-electron chi connectivity index (χ2n) is 5.74. The van der Waals surface area contributed by atoms with E-state index in [2.05, 4.69) is 58.1 Å². The molecule has 0 spiro atoms. The molecule has 0 amide bonds. The highest BCUT2D eigenvalue weighted by atomic mass is 16.5. The summed E-state index contributed by atoms with van der Waals surface area (Å²) in [4.78, 5) is 0. The van der Waals surface area contributed by atoms with Crippen LogP contribution in [0.3, 0.4) is 0 Å². The number of hydrogen-bond acceptors (Lipinski definition) is 2. The van der Waals surface area contributed by atoms with E-state index in [4.69, 9.17) is 4.74 Å². The number of hydrogen-bond donors (Lipinski definition) is 1. The molecule has 0 aromatic heterocycles. The van der Waals surface area contributed by atoms with Crippen LogP contribution in [0.4, 0.5) is 0 Å². The van der Waals surface area contributed by atoms with Crippen molar-refractivity contribution < 1.29 is 4.74 Å². The molecular weight excluding hydrogens is 234 g/mol. The fourth-order valence-electron chi connectivity index (χ4n) is 2.13. The van der Waals surface area contributed by atoms with Crippen molar-refractivity contribution in [3.8, 4) is 0 Å². The molecule has 2 nitrogen and oxygen atoms in total. The first kappa shape index (κ1) is 16.2. The Morgan fingerprint density at radius 1 is 1.11 bits per heavy atom. The molecule has 2 atom stereocenters. The summed E-state index contributed by atoms with van der Waals surface area (Å²) in [5.74, 6) is 0.570. The van der Waals surface area contributed by atoms with Crippen molar-refractivity contribution in [1.82, 2.24) is 5.32 Å². The number of aryl methyl sites for hydroxylation is 2. The van der Waals surface area contributed by atoms with Gasteiger partial charge in [0, 0.05) is 18.7 Å². The van der Waals surface area contributed by atoms with Crippen molar-refractivity contribution in [3.63, 3.8) is 0 Å². The van der Waals surface area contributed by atoms with Crippen molar-refractivity contribution in [1.29, 1.82) is 0 Å². The van der Waals surface area contributed by atoms with Crippen LogP contribution >= 0.6 is 0 Å². The Bertz CT molecular complexity index is 387. The van der Waals surface area contributed by atoms with Crippen LogP contribution in [0.5, 0.6) is 0 Å². The van der Waals surface area contributed by atoms with Crippen LogP contribution in [0.25, 0.3) is 0 Å². The van der Waals surface area contributed by atoms with Gasteiger partial charge < -0.3 is 10.1 Å². The fourth-order valence-corrected chi connectivity index (χ4v) is 2.13. The molecule has 2 heteroatoms. The summed E-state index contributed by atoms with van der Waals surface area (Å²) >= 11 is 0. The molecule has 1 aromatic rings. The summed E-state index contributed by atoms with van der Waals surface area (Å²) in [6.07, 6.45) is 0. The molecule has 0 saturated carbocycles. The van der Waals surface area contributed by atoms with Gasteiger partial charge in [0.05, 0.1) is 6.61 Å². The fraction of sp³-hybridized carbons (Fsp3) is 0.647. The van der Waals surface area contributed by atoms with E-state index in [9.17, 15) is 0 Å². The lowest BCUT2D eigenvalue weighted by Crippen LogP contribution is -2.39. The van der Waals surface area contributed by atoms with Gasteiger partial charge in [0.2, 0.25) is 0 Å². The molecule has 1 aromatic carbocycles. The third kappa shape index (κ3) is 4.96. The van der Waals surface area contributed by atoms with E-state index >= 15 is 0 Å². The minimum absolute atomic E-state index is 0.354. The van der Waals surface area contributed by atoms with Gasteiger partial charge in [-0.05, 0) is 50.3 Å². The normalized spacial score (nSPS) is 14.7. The molecule has 1 N–H and O–H groups in total. The molecule has 0 aliphatic heterocycles.